The second kappa shape index (κ2) is 6.94. The van der Waals surface area contributed by atoms with Gasteiger partial charge in [0.2, 0.25) is 5.88 Å². The van der Waals surface area contributed by atoms with Gasteiger partial charge in [0.15, 0.2) is 0 Å². The molecule has 0 saturated carbocycles. The highest BCUT2D eigenvalue weighted by molar-refractivity contribution is 5.79. The van der Waals surface area contributed by atoms with Crippen LogP contribution >= 0.6 is 0 Å². The van der Waals surface area contributed by atoms with Gasteiger partial charge in [0.1, 0.15) is 6.04 Å². The molecule has 6 heteroatoms. The first-order valence-electron chi connectivity index (χ1n) is 6.15. The molecule has 0 bridgehead atoms. The first-order chi connectivity index (χ1) is 9.06. The molecule has 0 aliphatic carbocycles. The predicted octanol–water partition coefficient (Wildman–Crippen LogP) is 1.12. The van der Waals surface area contributed by atoms with Crippen molar-refractivity contribution in [2.24, 2.45) is 7.05 Å². The number of methoxy groups -OCH3 is 1. The minimum absolute atomic E-state index is 0.326. The van der Waals surface area contributed by atoms with E-state index in [0.29, 0.717) is 24.6 Å². The summed E-state index contributed by atoms with van der Waals surface area (Å²) >= 11 is 0. The number of nitrogens with one attached hydrogen (secondary N) is 1. The second-order valence-corrected chi connectivity index (χ2v) is 4.01. The van der Waals surface area contributed by atoms with E-state index in [1.807, 2.05) is 6.92 Å². The van der Waals surface area contributed by atoms with Crippen LogP contribution in [0.4, 0.5) is 0 Å². The van der Waals surface area contributed by atoms with Gasteiger partial charge in [0.05, 0.1) is 25.0 Å². The van der Waals surface area contributed by atoms with E-state index in [9.17, 15) is 4.79 Å². The summed E-state index contributed by atoms with van der Waals surface area (Å²) in [4.78, 5) is 12.1. The van der Waals surface area contributed by atoms with Crippen molar-refractivity contribution in [3.05, 3.63) is 23.9 Å². The first kappa shape index (κ1) is 15.2. The third kappa shape index (κ3) is 3.35. The lowest BCUT2D eigenvalue weighted by Crippen LogP contribution is -2.31. The number of ether oxygens (including phenoxy) is 2. The van der Waals surface area contributed by atoms with Gasteiger partial charge in [-0.15, -0.1) is 6.58 Å². The zero-order chi connectivity index (χ0) is 14.4. The average molecular weight is 267 g/mol. The highest BCUT2D eigenvalue weighted by Gasteiger charge is 2.29. The van der Waals surface area contributed by atoms with Crippen molar-refractivity contribution in [3.63, 3.8) is 0 Å². The van der Waals surface area contributed by atoms with E-state index in [1.54, 1.807) is 31.8 Å². The first-order valence-corrected chi connectivity index (χ1v) is 6.15. The molecule has 6 nitrogen and oxygen atoms in total. The summed E-state index contributed by atoms with van der Waals surface area (Å²) in [6.45, 7) is 8.05. The number of rotatable bonds is 7. The molecule has 0 aromatic carbocycles. The SMILES string of the molecule is C=CCNC(C(=O)OCC)c1c(C)nn(C)c1OC. The fourth-order valence-corrected chi connectivity index (χ4v) is 1.96. The molecule has 1 N–H and O–H groups in total. The van der Waals surface area contributed by atoms with Crippen molar-refractivity contribution in [2.75, 3.05) is 20.3 Å². The van der Waals surface area contributed by atoms with Crippen molar-refractivity contribution in [2.45, 2.75) is 19.9 Å². The molecule has 106 valence electrons. The number of carbonyl (C=O) groups is 1. The van der Waals surface area contributed by atoms with E-state index in [1.165, 1.54) is 0 Å². The minimum atomic E-state index is -0.610. The van der Waals surface area contributed by atoms with Gasteiger partial charge in [-0.3, -0.25) is 5.32 Å². The molecule has 1 aromatic heterocycles. The quantitative estimate of drug-likeness (QED) is 0.592. The van der Waals surface area contributed by atoms with Crippen LogP contribution in [0.15, 0.2) is 12.7 Å². The number of aryl methyl sites for hydroxylation is 2. The highest BCUT2D eigenvalue weighted by atomic mass is 16.5. The van der Waals surface area contributed by atoms with Crippen LogP contribution in [0.5, 0.6) is 5.88 Å². The number of hydrogen-bond donors (Lipinski definition) is 1. The molecular weight excluding hydrogens is 246 g/mol. The van der Waals surface area contributed by atoms with Crippen molar-refractivity contribution in [1.82, 2.24) is 15.1 Å². The maximum Gasteiger partial charge on any atom is 0.328 e. The summed E-state index contributed by atoms with van der Waals surface area (Å²) in [5.74, 6) is 0.200. The maximum absolute atomic E-state index is 12.1. The Bertz CT molecular complexity index is 454. The summed E-state index contributed by atoms with van der Waals surface area (Å²) in [6.07, 6.45) is 1.68. The van der Waals surface area contributed by atoms with E-state index in [4.69, 9.17) is 9.47 Å². The van der Waals surface area contributed by atoms with Gasteiger partial charge in [0.25, 0.3) is 0 Å². The Morgan fingerprint density at radius 3 is 2.84 bits per heavy atom. The monoisotopic (exact) mass is 267 g/mol. The zero-order valence-corrected chi connectivity index (χ0v) is 11.9. The number of esters is 1. The Morgan fingerprint density at radius 2 is 2.32 bits per heavy atom. The topological polar surface area (TPSA) is 65.4 Å². The van der Waals surface area contributed by atoms with Crippen LogP contribution in [-0.4, -0.2) is 36.0 Å². The third-order valence-corrected chi connectivity index (χ3v) is 2.68. The van der Waals surface area contributed by atoms with Gasteiger partial charge in [-0.1, -0.05) is 6.08 Å². The molecule has 0 spiro atoms. The van der Waals surface area contributed by atoms with Gasteiger partial charge < -0.3 is 9.47 Å². The standard InChI is InChI=1S/C13H21N3O3/c1-6-8-14-11(13(17)19-7-2)10-9(3)15-16(4)12(10)18-5/h6,11,14H,1,7-8H2,2-5H3. The van der Waals surface area contributed by atoms with Crippen molar-refractivity contribution >= 4 is 5.97 Å². The minimum Gasteiger partial charge on any atom is -0.481 e. The fraction of sp³-hybridized carbons (Fsp3) is 0.538. The molecule has 0 radical (unpaired) electrons. The highest BCUT2D eigenvalue weighted by Crippen LogP contribution is 2.28. The molecule has 0 amide bonds. The smallest absolute Gasteiger partial charge is 0.328 e. The van der Waals surface area contributed by atoms with Crippen LogP contribution in [0.3, 0.4) is 0 Å². The predicted molar refractivity (Wildman–Crippen MR) is 72.1 cm³/mol. The van der Waals surface area contributed by atoms with Gasteiger partial charge in [0, 0.05) is 13.6 Å². The second-order valence-electron chi connectivity index (χ2n) is 4.01. The van der Waals surface area contributed by atoms with Crippen molar-refractivity contribution < 1.29 is 14.3 Å². The molecule has 1 rings (SSSR count). The van der Waals surface area contributed by atoms with Crippen LogP contribution in [0, 0.1) is 6.92 Å². The van der Waals surface area contributed by atoms with Crippen LogP contribution < -0.4 is 10.1 Å². The number of aromatic nitrogens is 2. The lowest BCUT2D eigenvalue weighted by atomic mass is 10.1. The Morgan fingerprint density at radius 1 is 1.63 bits per heavy atom. The lowest BCUT2D eigenvalue weighted by Gasteiger charge is -2.17. The molecule has 19 heavy (non-hydrogen) atoms. The van der Waals surface area contributed by atoms with E-state index < -0.39 is 6.04 Å². The van der Waals surface area contributed by atoms with Gasteiger partial charge in [-0.05, 0) is 13.8 Å². The van der Waals surface area contributed by atoms with Crippen molar-refractivity contribution in [1.29, 1.82) is 0 Å². The normalized spacial score (nSPS) is 12.0. The Balaban J connectivity index is 3.15. The lowest BCUT2D eigenvalue weighted by molar-refractivity contribution is -0.145. The molecule has 0 aliphatic heterocycles. The summed E-state index contributed by atoms with van der Waals surface area (Å²) in [5.41, 5.74) is 1.43. The fourth-order valence-electron chi connectivity index (χ4n) is 1.96. The Kier molecular flexibility index (Phi) is 5.57. The Hall–Kier alpha value is -1.82. The van der Waals surface area contributed by atoms with E-state index in [-0.39, 0.29) is 5.97 Å². The zero-order valence-electron chi connectivity index (χ0n) is 11.9. The maximum atomic E-state index is 12.1. The van der Waals surface area contributed by atoms with Gasteiger partial charge in [-0.2, -0.15) is 5.10 Å². The average Bonchev–Trinajstić information content (AvgIpc) is 2.65. The van der Waals surface area contributed by atoms with Crippen molar-refractivity contribution in [3.8, 4) is 5.88 Å². The number of carbonyl (C=O) groups excluding carboxylic acids is 1. The molecule has 1 heterocycles. The van der Waals surface area contributed by atoms with Gasteiger partial charge in [-0.25, -0.2) is 9.48 Å². The number of hydrogen-bond acceptors (Lipinski definition) is 5. The largest absolute Gasteiger partial charge is 0.481 e. The molecule has 1 aromatic rings. The molecule has 0 saturated heterocycles. The number of nitrogens with zero attached hydrogens (tertiary/aromatic N) is 2. The molecule has 1 atom stereocenters. The summed E-state index contributed by atoms with van der Waals surface area (Å²) in [6, 6.07) is -0.610. The van der Waals surface area contributed by atoms with Gasteiger partial charge >= 0.3 is 5.97 Å². The third-order valence-electron chi connectivity index (χ3n) is 2.68. The Labute approximate surface area is 113 Å². The molecular formula is C13H21N3O3. The van der Waals surface area contributed by atoms with Crippen LogP contribution in [-0.2, 0) is 16.6 Å². The van der Waals surface area contributed by atoms with Crippen LogP contribution in [0.25, 0.3) is 0 Å². The van der Waals surface area contributed by atoms with E-state index >= 15 is 0 Å². The van der Waals surface area contributed by atoms with E-state index in [0.717, 1.165) is 5.69 Å². The molecule has 1 unspecified atom stereocenters. The molecule has 0 fully saturated rings. The molecule has 0 aliphatic rings. The summed E-state index contributed by atoms with van der Waals surface area (Å²) < 4.78 is 12.0. The van der Waals surface area contributed by atoms with E-state index in [2.05, 4.69) is 17.0 Å². The van der Waals surface area contributed by atoms with Crippen LogP contribution in [0.1, 0.15) is 24.2 Å². The summed E-state index contributed by atoms with van der Waals surface area (Å²) in [5, 5.41) is 7.34. The van der Waals surface area contributed by atoms with Crippen LogP contribution in [0.2, 0.25) is 0 Å². The summed E-state index contributed by atoms with van der Waals surface area (Å²) in [7, 11) is 3.32.